The lowest BCUT2D eigenvalue weighted by molar-refractivity contribution is -0.254. The topological polar surface area (TPSA) is 40.5 Å². The molecule has 0 spiro atoms. The van der Waals surface area contributed by atoms with Crippen molar-refractivity contribution in [3.05, 3.63) is 0 Å². The second kappa shape index (κ2) is 1.71. The van der Waals surface area contributed by atoms with E-state index in [2.05, 4.69) is 0 Å². The molecular weight excluding hydrogens is 104 g/mol. The smallest absolute Gasteiger partial charge is 0.165 e. The van der Waals surface area contributed by atoms with Gasteiger partial charge in [0.05, 0.1) is 0 Å². The van der Waals surface area contributed by atoms with Crippen molar-refractivity contribution < 1.29 is 10.2 Å². The minimum absolute atomic E-state index is 0.141. The highest BCUT2D eigenvalue weighted by molar-refractivity contribution is 4.85. The average Bonchev–Trinajstić information content (AvgIpc) is 1.66. The summed E-state index contributed by atoms with van der Waals surface area (Å²) < 4.78 is 0. The zero-order chi connectivity index (χ0) is 6.20. The van der Waals surface area contributed by atoms with Crippen LogP contribution in [0.4, 0.5) is 0 Å². The van der Waals surface area contributed by atoms with Gasteiger partial charge in [0.1, 0.15) is 0 Å². The van der Waals surface area contributed by atoms with Gasteiger partial charge >= 0.3 is 0 Å². The standard InChI is InChI=1S/C6H12O2/c1-2-5-3-4-6(5,7)8/h5,7-8H,2-4H2,1H3. The number of rotatable bonds is 1. The van der Waals surface area contributed by atoms with Crippen LogP contribution >= 0.6 is 0 Å². The Morgan fingerprint density at radius 2 is 2.25 bits per heavy atom. The van der Waals surface area contributed by atoms with Crippen LogP contribution in [-0.4, -0.2) is 16.0 Å². The van der Waals surface area contributed by atoms with Crippen molar-refractivity contribution >= 4 is 0 Å². The van der Waals surface area contributed by atoms with E-state index >= 15 is 0 Å². The van der Waals surface area contributed by atoms with Crippen LogP contribution in [0, 0.1) is 5.92 Å². The van der Waals surface area contributed by atoms with Crippen molar-refractivity contribution in [2.45, 2.75) is 32.0 Å². The first-order valence-electron chi connectivity index (χ1n) is 3.11. The molecule has 2 N–H and O–H groups in total. The Kier molecular flexibility index (Phi) is 1.29. The Labute approximate surface area is 49.1 Å². The molecule has 0 radical (unpaired) electrons. The molecule has 1 fully saturated rings. The number of aliphatic hydroxyl groups is 2. The van der Waals surface area contributed by atoms with Gasteiger partial charge in [0.15, 0.2) is 5.79 Å². The van der Waals surface area contributed by atoms with E-state index in [1.165, 1.54) is 0 Å². The molecular formula is C6H12O2. The summed E-state index contributed by atoms with van der Waals surface area (Å²) >= 11 is 0. The third kappa shape index (κ3) is 0.740. The highest BCUT2D eigenvalue weighted by Crippen LogP contribution is 2.37. The predicted molar refractivity (Wildman–Crippen MR) is 30.2 cm³/mol. The summed E-state index contributed by atoms with van der Waals surface area (Å²) in [4.78, 5) is 0. The highest BCUT2D eigenvalue weighted by atomic mass is 16.5. The second-order valence-electron chi connectivity index (χ2n) is 2.52. The molecule has 2 nitrogen and oxygen atoms in total. The number of hydrogen-bond acceptors (Lipinski definition) is 2. The third-order valence-corrected chi connectivity index (χ3v) is 2.01. The molecule has 1 atom stereocenters. The molecule has 0 bridgehead atoms. The van der Waals surface area contributed by atoms with E-state index in [0.29, 0.717) is 6.42 Å². The summed E-state index contributed by atoms with van der Waals surface area (Å²) in [5.74, 6) is -1.17. The van der Waals surface area contributed by atoms with E-state index in [1.807, 2.05) is 6.92 Å². The lowest BCUT2D eigenvalue weighted by atomic mass is 9.77. The molecule has 0 amide bonds. The summed E-state index contributed by atoms with van der Waals surface area (Å²) in [7, 11) is 0. The van der Waals surface area contributed by atoms with Crippen LogP contribution in [0.3, 0.4) is 0 Å². The fourth-order valence-electron chi connectivity index (χ4n) is 1.14. The average molecular weight is 116 g/mol. The monoisotopic (exact) mass is 116 g/mol. The molecule has 1 unspecified atom stereocenters. The van der Waals surface area contributed by atoms with Gasteiger partial charge < -0.3 is 10.2 Å². The summed E-state index contributed by atoms with van der Waals surface area (Å²) in [6, 6.07) is 0. The molecule has 0 saturated heterocycles. The van der Waals surface area contributed by atoms with E-state index in [9.17, 15) is 0 Å². The van der Waals surface area contributed by atoms with E-state index < -0.39 is 5.79 Å². The summed E-state index contributed by atoms with van der Waals surface area (Å²) in [6.45, 7) is 1.98. The molecule has 1 saturated carbocycles. The van der Waals surface area contributed by atoms with Gasteiger partial charge in [-0.25, -0.2) is 0 Å². The van der Waals surface area contributed by atoms with Gasteiger partial charge in [-0.05, 0) is 12.8 Å². The first-order valence-corrected chi connectivity index (χ1v) is 3.11. The van der Waals surface area contributed by atoms with Gasteiger partial charge in [-0.3, -0.25) is 0 Å². The lowest BCUT2D eigenvalue weighted by Crippen LogP contribution is -2.46. The van der Waals surface area contributed by atoms with E-state index in [1.54, 1.807) is 0 Å². The molecule has 0 heterocycles. The molecule has 0 aromatic rings. The summed E-state index contributed by atoms with van der Waals surface area (Å²) in [5.41, 5.74) is 0. The quantitative estimate of drug-likeness (QED) is 0.489. The van der Waals surface area contributed by atoms with Crippen molar-refractivity contribution in [1.82, 2.24) is 0 Å². The Morgan fingerprint density at radius 3 is 2.25 bits per heavy atom. The van der Waals surface area contributed by atoms with Gasteiger partial charge in [-0.2, -0.15) is 0 Å². The van der Waals surface area contributed by atoms with Crippen LogP contribution in [0.15, 0.2) is 0 Å². The normalized spacial score (nSPS) is 34.1. The molecule has 0 aromatic carbocycles. The van der Waals surface area contributed by atoms with E-state index in [-0.39, 0.29) is 5.92 Å². The second-order valence-corrected chi connectivity index (χ2v) is 2.52. The van der Waals surface area contributed by atoms with Gasteiger partial charge in [0.25, 0.3) is 0 Å². The van der Waals surface area contributed by atoms with Crippen LogP contribution in [0.2, 0.25) is 0 Å². The van der Waals surface area contributed by atoms with Crippen LogP contribution in [0.5, 0.6) is 0 Å². The molecule has 1 aliphatic rings. The predicted octanol–water partition coefficient (Wildman–Crippen LogP) is 0.487. The fraction of sp³-hybridized carbons (Fsp3) is 1.00. The first kappa shape index (κ1) is 6.05. The maximum Gasteiger partial charge on any atom is 0.165 e. The Bertz CT molecular complexity index is 86.5. The Hall–Kier alpha value is -0.0800. The molecule has 48 valence electrons. The zero-order valence-corrected chi connectivity index (χ0v) is 5.09. The van der Waals surface area contributed by atoms with Crippen LogP contribution in [-0.2, 0) is 0 Å². The van der Waals surface area contributed by atoms with Crippen LogP contribution in [0.25, 0.3) is 0 Å². The van der Waals surface area contributed by atoms with Gasteiger partial charge in [0.2, 0.25) is 0 Å². The molecule has 1 rings (SSSR count). The van der Waals surface area contributed by atoms with Gasteiger partial charge in [-0.15, -0.1) is 0 Å². The van der Waals surface area contributed by atoms with Gasteiger partial charge in [-0.1, -0.05) is 6.92 Å². The minimum Gasteiger partial charge on any atom is -0.365 e. The molecule has 2 heteroatoms. The first-order chi connectivity index (χ1) is 3.67. The lowest BCUT2D eigenvalue weighted by Gasteiger charge is -2.40. The Balaban J connectivity index is 2.37. The zero-order valence-electron chi connectivity index (χ0n) is 5.09. The van der Waals surface area contributed by atoms with Crippen molar-refractivity contribution in [2.75, 3.05) is 0 Å². The summed E-state index contributed by atoms with van der Waals surface area (Å²) in [6.07, 6.45) is 2.42. The van der Waals surface area contributed by atoms with Crippen LogP contribution < -0.4 is 0 Å². The van der Waals surface area contributed by atoms with E-state index in [0.717, 1.165) is 12.8 Å². The number of hydrogen-bond donors (Lipinski definition) is 2. The van der Waals surface area contributed by atoms with Gasteiger partial charge in [0, 0.05) is 12.3 Å². The molecule has 8 heavy (non-hydrogen) atoms. The SMILES string of the molecule is CCC1CCC1(O)O. The van der Waals surface area contributed by atoms with Crippen molar-refractivity contribution in [1.29, 1.82) is 0 Å². The minimum atomic E-state index is -1.31. The largest absolute Gasteiger partial charge is 0.365 e. The van der Waals surface area contributed by atoms with Crippen molar-refractivity contribution in [2.24, 2.45) is 5.92 Å². The van der Waals surface area contributed by atoms with E-state index in [4.69, 9.17) is 10.2 Å². The van der Waals surface area contributed by atoms with Crippen molar-refractivity contribution in [3.8, 4) is 0 Å². The van der Waals surface area contributed by atoms with Crippen molar-refractivity contribution in [3.63, 3.8) is 0 Å². The highest BCUT2D eigenvalue weighted by Gasteiger charge is 2.41. The summed E-state index contributed by atoms with van der Waals surface area (Å²) in [5, 5.41) is 17.9. The molecule has 0 aliphatic heterocycles. The Morgan fingerprint density at radius 1 is 1.62 bits per heavy atom. The maximum absolute atomic E-state index is 8.93. The third-order valence-electron chi connectivity index (χ3n) is 2.01. The molecule has 0 aromatic heterocycles. The fourth-order valence-corrected chi connectivity index (χ4v) is 1.14. The molecule has 1 aliphatic carbocycles. The maximum atomic E-state index is 8.93. The van der Waals surface area contributed by atoms with Crippen LogP contribution in [0.1, 0.15) is 26.2 Å².